The van der Waals surface area contributed by atoms with Crippen molar-refractivity contribution in [2.75, 3.05) is 0 Å². The average Bonchev–Trinajstić information content (AvgIpc) is 0. The van der Waals surface area contributed by atoms with E-state index in [1.807, 2.05) is 0 Å². The molecule has 0 aliphatic rings. The first-order valence-electron chi connectivity index (χ1n) is 0. The normalized spacial score (nSPS) is 0. The van der Waals surface area contributed by atoms with E-state index in [1.54, 1.807) is 0 Å². The van der Waals surface area contributed by atoms with E-state index in [0.717, 1.165) is 0 Å². The molecule has 0 heterocycles. The summed E-state index contributed by atoms with van der Waals surface area (Å²) in [4.78, 5) is 0. The molecule has 0 N–H and O–H groups in total. The average molecular weight is 272 g/mol. The second kappa shape index (κ2) is 364. The molecule has 0 rings (SSSR count). The third-order valence-electron chi connectivity index (χ3n) is 0. The molecule has 0 aromatic heterocycles. The molecule has 0 aromatic carbocycles. The van der Waals surface area contributed by atoms with E-state index in [4.69, 9.17) is 0 Å². The molecule has 0 bridgehead atoms. The Kier molecular flexibility index (Phi) is 54600. The molecule has 0 aliphatic carbocycles. The van der Waals surface area contributed by atoms with Crippen LogP contribution < -0.4 is 0 Å². The van der Waals surface area contributed by atoms with E-state index in [1.165, 1.54) is 0 Å². The molecule has 0 aromatic rings. The first-order valence-corrected chi connectivity index (χ1v) is 0. The molecule has 0 fully saturated rings. The third kappa shape index (κ3) is 180. The quantitative estimate of drug-likeness (QED) is 0.567. The Bertz CT molecular complexity index is 3.61. The van der Waals surface area contributed by atoms with E-state index in [0.29, 0.717) is 0 Å². The van der Waals surface area contributed by atoms with E-state index in [-0.39, 0.29) is 38.9 Å². The second-order valence-electron chi connectivity index (χ2n) is 0. The van der Waals surface area contributed by atoms with Crippen molar-refractivity contribution >= 4 is 0 Å². The zero-order chi connectivity index (χ0) is 0. The van der Waals surface area contributed by atoms with Gasteiger partial charge in [-0.3, -0.25) is 18.8 Å². The maximum atomic E-state index is 0. The molecule has 0 saturated carbocycles. The summed E-state index contributed by atoms with van der Waals surface area (Å²) in [7, 11) is 0. The van der Waals surface area contributed by atoms with Gasteiger partial charge in [-0.25, -0.2) is 0 Å². The smallest absolute Gasteiger partial charge is 0 e. The monoisotopic (exact) mass is 273 g/mol. The van der Waals surface area contributed by atoms with Crippen molar-refractivity contribution in [2.45, 2.75) is 0 Å². The minimum atomic E-state index is 0. The van der Waals surface area contributed by atoms with Gasteiger partial charge in [0.1, 0.15) is 0 Å². The van der Waals surface area contributed by atoms with Gasteiger partial charge in [-0.1, -0.05) is 0 Å². The Hall–Kier alpha value is 0.369. The molecular formula is H4F4Ir. The van der Waals surface area contributed by atoms with Crippen molar-refractivity contribution in [3.8, 4) is 0 Å². The summed E-state index contributed by atoms with van der Waals surface area (Å²) in [5.41, 5.74) is 0. The second-order valence-corrected chi connectivity index (χ2v) is 0. The molecular weight excluding hydrogens is 268 g/mol. The van der Waals surface area contributed by atoms with Crippen LogP contribution in [0.2, 0.25) is 0 Å². The van der Waals surface area contributed by atoms with Gasteiger partial charge >= 0.3 is 0 Å². The van der Waals surface area contributed by atoms with Gasteiger partial charge in [0.05, 0.1) is 0 Å². The Balaban J connectivity index is 0. The number of halogens is 4. The van der Waals surface area contributed by atoms with Gasteiger partial charge in [0, 0.05) is 20.1 Å². The van der Waals surface area contributed by atoms with Crippen LogP contribution in [-0.4, -0.2) is 0 Å². The number of hydrogen-bond acceptors (Lipinski definition) is 0. The van der Waals surface area contributed by atoms with Gasteiger partial charge in [0.15, 0.2) is 0 Å². The molecule has 0 aliphatic heterocycles. The van der Waals surface area contributed by atoms with Crippen LogP contribution in [0.3, 0.4) is 0 Å². The summed E-state index contributed by atoms with van der Waals surface area (Å²) < 4.78 is 0. The maximum Gasteiger partial charge on any atom is 0 e. The molecule has 0 saturated heterocycles. The molecule has 41 valence electrons. The SMILES string of the molecule is F.F.F.F.[Ir]. The van der Waals surface area contributed by atoms with Crippen LogP contribution in [0.5, 0.6) is 0 Å². The van der Waals surface area contributed by atoms with Crippen molar-refractivity contribution in [1.29, 1.82) is 0 Å². The minimum Gasteiger partial charge on any atom is -0.269 e. The standard InChI is InChI=1S/4FH.Ir/h4*1H;. The van der Waals surface area contributed by atoms with Crippen LogP contribution in [0.25, 0.3) is 0 Å². The summed E-state index contributed by atoms with van der Waals surface area (Å²) in [5, 5.41) is 0. The van der Waals surface area contributed by atoms with Gasteiger partial charge in [0.2, 0.25) is 0 Å². The molecule has 5 heavy (non-hydrogen) atoms. The summed E-state index contributed by atoms with van der Waals surface area (Å²) in [5.74, 6) is 0. The van der Waals surface area contributed by atoms with Crippen molar-refractivity contribution in [3.63, 3.8) is 0 Å². The maximum absolute atomic E-state index is 0. The Labute approximate surface area is 39.8 Å². The van der Waals surface area contributed by atoms with Crippen molar-refractivity contribution < 1.29 is 38.9 Å². The number of hydrogen-bond donors (Lipinski definition) is 0. The van der Waals surface area contributed by atoms with Gasteiger partial charge in [0.25, 0.3) is 0 Å². The minimum absolute atomic E-state index is 0. The molecule has 0 spiro atoms. The van der Waals surface area contributed by atoms with E-state index < -0.39 is 0 Å². The third-order valence-corrected chi connectivity index (χ3v) is 0. The Morgan fingerprint density at radius 1 is 0.400 bits per heavy atom. The van der Waals surface area contributed by atoms with E-state index >= 15 is 0 Å². The van der Waals surface area contributed by atoms with Crippen LogP contribution in [-0.2, 0) is 20.1 Å². The van der Waals surface area contributed by atoms with Gasteiger partial charge in [-0.15, -0.1) is 0 Å². The first-order chi connectivity index (χ1) is 0. The molecule has 0 atom stereocenters. The predicted octanol–water partition coefficient (Wildman–Crippen LogP) is 0.607. The van der Waals surface area contributed by atoms with Gasteiger partial charge in [-0.05, 0) is 0 Å². The van der Waals surface area contributed by atoms with Crippen LogP contribution in [0.4, 0.5) is 18.8 Å². The van der Waals surface area contributed by atoms with Crippen molar-refractivity contribution in [2.24, 2.45) is 0 Å². The van der Waals surface area contributed by atoms with E-state index in [2.05, 4.69) is 0 Å². The zero-order valence-corrected chi connectivity index (χ0v) is 4.36. The Morgan fingerprint density at radius 2 is 0.400 bits per heavy atom. The largest absolute Gasteiger partial charge is 0.269 e. The molecule has 0 amide bonds. The van der Waals surface area contributed by atoms with Crippen LogP contribution in [0.15, 0.2) is 0 Å². The molecule has 0 nitrogen and oxygen atoms in total. The molecule has 1 radical (unpaired) electrons. The van der Waals surface area contributed by atoms with Gasteiger partial charge in [-0.2, -0.15) is 0 Å². The molecule has 0 unspecified atom stereocenters. The fourth-order valence-corrected chi connectivity index (χ4v) is 0. The summed E-state index contributed by atoms with van der Waals surface area (Å²) in [6.45, 7) is 0. The van der Waals surface area contributed by atoms with Crippen LogP contribution in [0, 0.1) is 0 Å². The Morgan fingerprint density at radius 3 is 0.400 bits per heavy atom. The first kappa shape index (κ1) is 751. The fourth-order valence-electron chi connectivity index (χ4n) is 0. The topological polar surface area (TPSA) is 0 Å². The zero-order valence-electron chi connectivity index (χ0n) is 1.97. The van der Waals surface area contributed by atoms with Crippen LogP contribution >= 0.6 is 0 Å². The summed E-state index contributed by atoms with van der Waals surface area (Å²) in [6.07, 6.45) is 0. The summed E-state index contributed by atoms with van der Waals surface area (Å²) >= 11 is 0. The molecule has 5 heteroatoms. The van der Waals surface area contributed by atoms with Gasteiger partial charge < -0.3 is 0 Å². The van der Waals surface area contributed by atoms with Crippen LogP contribution in [0.1, 0.15) is 0 Å². The van der Waals surface area contributed by atoms with Crippen molar-refractivity contribution in [1.82, 2.24) is 0 Å². The number of rotatable bonds is 0. The van der Waals surface area contributed by atoms with E-state index in [9.17, 15) is 0 Å². The summed E-state index contributed by atoms with van der Waals surface area (Å²) in [6, 6.07) is 0. The predicted molar refractivity (Wildman–Crippen MR) is 10.0 cm³/mol. The van der Waals surface area contributed by atoms with Crippen molar-refractivity contribution in [3.05, 3.63) is 0 Å². The fraction of sp³-hybridized carbons (Fsp3) is 0.